The number of benzene rings is 1. The molecular formula is C52H76N10O15S. The van der Waals surface area contributed by atoms with Crippen molar-refractivity contribution in [2.75, 3.05) is 117 Å². The largest absolute Gasteiger partial charge is 0.480 e. The van der Waals surface area contributed by atoms with Crippen molar-refractivity contribution in [2.45, 2.75) is 95.9 Å². The predicted octanol–water partition coefficient (Wildman–Crippen LogP) is 3.53. The maximum absolute atomic E-state index is 13.5. The molecule has 0 spiro atoms. The lowest BCUT2D eigenvalue weighted by atomic mass is 9.86. The number of alkyl carbamates (subject to hydrolysis) is 1. The summed E-state index contributed by atoms with van der Waals surface area (Å²) in [5.74, 6) is -3.37. The number of amides is 4. The minimum Gasteiger partial charge on any atom is -0.480 e. The number of carbonyl (C=O) groups excluding carboxylic acids is 4. The Morgan fingerprint density at radius 3 is 1.83 bits per heavy atom. The highest BCUT2D eigenvalue weighted by Gasteiger charge is 2.32. The smallest absolute Gasteiger partial charge is 0.408 e. The lowest BCUT2D eigenvalue weighted by Crippen LogP contribution is -2.50. The second-order valence-corrected chi connectivity index (χ2v) is 21.8. The van der Waals surface area contributed by atoms with Crippen molar-refractivity contribution in [2.24, 2.45) is 0 Å². The highest BCUT2D eigenvalue weighted by atomic mass is 32.2. The summed E-state index contributed by atoms with van der Waals surface area (Å²) in [7, 11) is 2.78. The minimum atomic E-state index is -1.06. The van der Waals surface area contributed by atoms with E-state index in [1.54, 1.807) is 46.4 Å². The molecule has 1 atom stereocenters. The number of carboxylic acid groups (broad SMARTS) is 3. The molecule has 5 rings (SSSR count). The number of nitrogens with zero attached hydrogens (tertiary/aromatic N) is 6. The van der Waals surface area contributed by atoms with E-state index in [2.05, 4.69) is 51.1 Å². The topological polar surface area (TPSA) is 317 Å². The van der Waals surface area contributed by atoms with Gasteiger partial charge in [0.15, 0.2) is 16.6 Å². The molecule has 0 unspecified atom stereocenters. The second kappa shape index (κ2) is 29.3. The van der Waals surface area contributed by atoms with Crippen LogP contribution in [0.1, 0.15) is 87.5 Å². The summed E-state index contributed by atoms with van der Waals surface area (Å²) in [6.07, 6.45) is 2.13. The van der Waals surface area contributed by atoms with Gasteiger partial charge < -0.3 is 60.0 Å². The molecule has 0 radical (unpaired) electrons. The number of anilines is 1. The van der Waals surface area contributed by atoms with E-state index in [0.717, 1.165) is 18.4 Å². The van der Waals surface area contributed by atoms with Gasteiger partial charge in [0.1, 0.15) is 17.4 Å². The third-order valence-corrected chi connectivity index (χ3v) is 13.8. The van der Waals surface area contributed by atoms with Crippen LogP contribution in [0.4, 0.5) is 10.5 Å². The minimum absolute atomic E-state index is 0.0293. The molecule has 1 fully saturated rings. The Kier molecular flexibility index (Phi) is 23.3. The third kappa shape index (κ3) is 20.2. The van der Waals surface area contributed by atoms with Gasteiger partial charge in [0.25, 0.3) is 11.9 Å². The molecule has 1 aliphatic heterocycles. The number of aryl methyl sites for hydroxylation is 2. The number of furan rings is 1. The number of fused-ring (bicyclic) bond motifs is 1. The van der Waals surface area contributed by atoms with Crippen LogP contribution < -0.4 is 35.5 Å². The lowest BCUT2D eigenvalue weighted by Gasteiger charge is -2.32. The molecular weight excluding hydrogens is 1040 g/mol. The fourth-order valence-electron chi connectivity index (χ4n) is 8.79. The van der Waals surface area contributed by atoms with Gasteiger partial charge in [0.05, 0.1) is 40.4 Å². The normalized spacial score (nSPS) is 16.1. The number of carboxylic acids is 3. The molecule has 26 heteroatoms. The Morgan fingerprint density at radius 1 is 0.769 bits per heavy atom. The molecule has 1 saturated heterocycles. The predicted molar refractivity (Wildman–Crippen MR) is 287 cm³/mol. The van der Waals surface area contributed by atoms with Gasteiger partial charge in [-0.1, -0.05) is 31.7 Å². The number of hydrogen-bond donors (Lipinski definition) is 7. The van der Waals surface area contributed by atoms with Crippen molar-refractivity contribution < 1.29 is 72.2 Å². The number of hydrogen-bond acceptors (Lipinski definition) is 19. The summed E-state index contributed by atoms with van der Waals surface area (Å²) in [6.45, 7) is 12.9. The summed E-state index contributed by atoms with van der Waals surface area (Å²) in [6, 6.07) is 6.22. The zero-order valence-corrected chi connectivity index (χ0v) is 46.7. The molecule has 0 saturated carbocycles. The van der Waals surface area contributed by atoms with Crippen LogP contribution in [0.15, 0.2) is 33.8 Å². The first-order valence-electron chi connectivity index (χ1n) is 25.9. The van der Waals surface area contributed by atoms with Crippen LogP contribution in [0.5, 0.6) is 23.5 Å². The summed E-state index contributed by atoms with van der Waals surface area (Å²) < 4.78 is 28.4. The van der Waals surface area contributed by atoms with E-state index < -0.39 is 47.5 Å². The molecule has 3 aromatic rings. The van der Waals surface area contributed by atoms with Gasteiger partial charge in [-0.15, -0.1) is 0 Å². The van der Waals surface area contributed by atoms with Crippen molar-refractivity contribution in [3.63, 3.8) is 0 Å². The van der Waals surface area contributed by atoms with Crippen molar-refractivity contribution in [1.29, 1.82) is 0 Å². The van der Waals surface area contributed by atoms with Crippen LogP contribution in [0, 0.1) is 6.92 Å². The van der Waals surface area contributed by atoms with E-state index in [1.165, 1.54) is 43.2 Å². The van der Waals surface area contributed by atoms with Gasteiger partial charge >= 0.3 is 24.0 Å². The number of carbonyl (C=O) groups is 7. The van der Waals surface area contributed by atoms with Crippen molar-refractivity contribution in [3.8, 4) is 23.5 Å². The third-order valence-electron chi connectivity index (χ3n) is 12.8. The average molecular weight is 1110 g/mol. The molecule has 2 aliphatic rings. The first-order chi connectivity index (χ1) is 36.9. The molecule has 25 nitrogen and oxygen atoms in total. The van der Waals surface area contributed by atoms with Gasteiger partial charge in [-0.25, -0.2) is 4.79 Å². The number of ether oxygens (including phenoxy) is 4. The number of thioether (sulfide) groups is 1. The number of aromatic nitrogens is 2. The van der Waals surface area contributed by atoms with Gasteiger partial charge in [-0.05, 0) is 94.0 Å². The summed E-state index contributed by atoms with van der Waals surface area (Å²) >= 11 is 1.25. The summed E-state index contributed by atoms with van der Waals surface area (Å²) in [4.78, 5) is 104. The maximum atomic E-state index is 13.5. The molecule has 430 valence electrons. The standard InChI is InChI=1S/C52H76N10O15S/c1-33-27-34-14-15-52(5,6)35(34)28-38(33)76-43-13-12-37(75-43)46(71)56-44-47(73-7)57-49(58-48(44)74-8)78-26-10-17-54-45(70)36(55-50(72)77-51(2,3)4)11-9-16-53-39(63)29-59-18-20-60(30-40(64)65)22-24-62(32-42(68)69)25-23-61(21-19-59)31-41(66)67/h12-13,27-28,36H,9-11,14-26,29-32H2,1-8H3,(H,53,63)(H,54,70)(H,55,72)(H,56,71)(H,64,65)(H,66,67)(H,68,69)/t36-/m1/s1. The second-order valence-electron chi connectivity index (χ2n) is 20.7. The quantitative estimate of drug-likeness (QED) is 0.0363. The van der Waals surface area contributed by atoms with Crippen LogP contribution in [0.3, 0.4) is 0 Å². The molecule has 78 heavy (non-hydrogen) atoms. The Balaban J connectivity index is 1.12. The van der Waals surface area contributed by atoms with Gasteiger partial charge in [0.2, 0.25) is 23.6 Å². The van der Waals surface area contributed by atoms with Gasteiger partial charge in [0, 0.05) is 77.3 Å². The molecule has 0 bridgehead atoms. The van der Waals surface area contributed by atoms with E-state index in [1.807, 2.05) is 13.0 Å². The molecule has 1 aromatic carbocycles. The van der Waals surface area contributed by atoms with E-state index in [-0.39, 0.29) is 150 Å². The van der Waals surface area contributed by atoms with Crippen LogP contribution in [0.2, 0.25) is 0 Å². The number of aliphatic carboxylic acids is 3. The van der Waals surface area contributed by atoms with Crippen LogP contribution >= 0.6 is 11.8 Å². The van der Waals surface area contributed by atoms with Crippen LogP contribution in [-0.4, -0.2) is 210 Å². The fraction of sp³-hybridized carbons (Fsp3) is 0.596. The molecule has 2 aromatic heterocycles. The number of nitrogens with one attached hydrogen (secondary N) is 4. The van der Waals surface area contributed by atoms with E-state index in [9.17, 15) is 48.9 Å². The van der Waals surface area contributed by atoms with Gasteiger partial charge in [-0.2, -0.15) is 9.97 Å². The van der Waals surface area contributed by atoms with Gasteiger partial charge in [-0.3, -0.25) is 48.4 Å². The van der Waals surface area contributed by atoms with Crippen LogP contribution in [0.25, 0.3) is 0 Å². The zero-order valence-electron chi connectivity index (χ0n) is 45.9. The van der Waals surface area contributed by atoms with Crippen molar-refractivity contribution >= 4 is 59.2 Å². The van der Waals surface area contributed by atoms with E-state index in [4.69, 9.17) is 23.4 Å². The lowest BCUT2D eigenvalue weighted by molar-refractivity contribution is -0.140. The number of methoxy groups -OCH3 is 2. The Bertz CT molecular complexity index is 2520. The Hall–Kier alpha value is -6.74. The fourth-order valence-corrected chi connectivity index (χ4v) is 9.56. The van der Waals surface area contributed by atoms with Crippen molar-refractivity contribution in [3.05, 3.63) is 46.7 Å². The first kappa shape index (κ1) is 62.1. The maximum Gasteiger partial charge on any atom is 0.408 e. The highest BCUT2D eigenvalue weighted by molar-refractivity contribution is 7.99. The van der Waals surface area contributed by atoms with E-state index in [0.29, 0.717) is 17.9 Å². The molecule has 4 amide bonds. The summed E-state index contributed by atoms with van der Waals surface area (Å²) in [5.41, 5.74) is 2.76. The first-order valence-corrected chi connectivity index (χ1v) is 26.8. The van der Waals surface area contributed by atoms with E-state index >= 15 is 0 Å². The molecule has 1 aliphatic carbocycles. The SMILES string of the molecule is COc1nc(SCCCNC(=O)[C@@H](CCCNC(=O)CN2CCN(CC(=O)O)CCN(CC(=O)O)CCN(CC(=O)O)CC2)NC(=O)OC(C)(C)C)nc(OC)c1NC(=O)c1ccc(Oc2cc3c(cc2C)CCC3(C)C)o1. The summed E-state index contributed by atoms with van der Waals surface area (Å²) in [5, 5.41) is 39.8. The average Bonchev–Trinajstić information content (AvgIpc) is 4.00. The molecule has 7 N–H and O–H groups in total. The Labute approximate surface area is 458 Å². The zero-order chi connectivity index (χ0) is 57.2. The van der Waals surface area contributed by atoms with Crippen LogP contribution in [-0.2, 0) is 40.5 Å². The molecule has 3 heterocycles. The number of rotatable bonds is 25. The Morgan fingerprint density at radius 2 is 1.31 bits per heavy atom. The monoisotopic (exact) mass is 1110 g/mol. The highest BCUT2D eigenvalue weighted by Crippen LogP contribution is 2.42. The van der Waals surface area contributed by atoms with Crippen molar-refractivity contribution in [1.82, 2.24) is 45.5 Å².